The monoisotopic (exact) mass is 491 g/mol. The number of nitrogens with zero attached hydrogens (tertiary/aromatic N) is 2. The van der Waals surface area contributed by atoms with Gasteiger partial charge in [0.1, 0.15) is 11.4 Å². The summed E-state index contributed by atoms with van der Waals surface area (Å²) in [5.41, 5.74) is -0.994. The van der Waals surface area contributed by atoms with E-state index in [0.717, 1.165) is 11.3 Å². The van der Waals surface area contributed by atoms with E-state index in [4.69, 9.17) is 11.6 Å². The fourth-order valence-electron chi connectivity index (χ4n) is 4.98. The number of hydrogen-bond acceptors (Lipinski definition) is 4. The van der Waals surface area contributed by atoms with Gasteiger partial charge in [-0.1, -0.05) is 31.0 Å². The molecule has 2 aliphatic rings. The molecule has 2 saturated heterocycles. The van der Waals surface area contributed by atoms with Crippen LogP contribution in [-0.2, 0) is 11.2 Å². The number of rotatable bonds is 7. The number of hydrogen-bond donors (Lipinski definition) is 1. The standard InChI is InChI=1S/C24H27ClFN3O3S/c1-2-10-24(22(31)29(23(32)27-24)13-9-18-4-3-14-33-18)16-7-11-28(12-8-16)21(30)19-15-17(25)5-6-20(19)26/h3-6,14-16H,2,7-13H2,1H3,(H,27,32)/t24-/m0/s1. The Labute approximate surface area is 201 Å². The van der Waals surface area contributed by atoms with Crippen LogP contribution in [-0.4, -0.2) is 52.8 Å². The number of amides is 4. The molecule has 1 aromatic heterocycles. The van der Waals surface area contributed by atoms with Gasteiger partial charge >= 0.3 is 6.03 Å². The highest BCUT2D eigenvalue weighted by Crippen LogP contribution is 2.37. The normalized spacial score (nSPS) is 21.5. The van der Waals surface area contributed by atoms with E-state index in [1.54, 1.807) is 16.2 Å². The molecule has 3 heterocycles. The highest BCUT2D eigenvalue weighted by Gasteiger charge is 2.55. The Kier molecular flexibility index (Phi) is 7.05. The van der Waals surface area contributed by atoms with E-state index in [0.29, 0.717) is 50.3 Å². The van der Waals surface area contributed by atoms with Crippen molar-refractivity contribution in [1.29, 1.82) is 0 Å². The summed E-state index contributed by atoms with van der Waals surface area (Å²) in [6, 6.07) is 7.55. The SMILES string of the molecule is CCC[C@@]1(C2CCN(C(=O)c3cc(Cl)ccc3F)CC2)NC(=O)N(CCc2cccs2)C1=O. The zero-order chi connectivity index (χ0) is 23.6. The molecule has 6 nitrogen and oxygen atoms in total. The Bertz CT molecular complexity index is 1040. The summed E-state index contributed by atoms with van der Waals surface area (Å²) in [7, 11) is 0. The molecule has 0 bridgehead atoms. The fraction of sp³-hybridized carbons (Fsp3) is 0.458. The van der Waals surface area contributed by atoms with Crippen LogP contribution in [0.4, 0.5) is 9.18 Å². The molecule has 9 heteroatoms. The maximum atomic E-state index is 14.2. The molecular weight excluding hydrogens is 465 g/mol. The zero-order valence-corrected chi connectivity index (χ0v) is 20.1. The molecule has 1 aromatic carbocycles. The second kappa shape index (κ2) is 9.81. The van der Waals surface area contributed by atoms with Gasteiger partial charge < -0.3 is 10.2 Å². The molecule has 0 spiro atoms. The average molecular weight is 492 g/mol. The maximum absolute atomic E-state index is 14.2. The van der Waals surface area contributed by atoms with Crippen LogP contribution >= 0.6 is 22.9 Å². The van der Waals surface area contributed by atoms with E-state index < -0.39 is 17.3 Å². The number of benzene rings is 1. The van der Waals surface area contributed by atoms with Gasteiger partial charge in [0, 0.05) is 29.5 Å². The van der Waals surface area contributed by atoms with Crippen molar-refractivity contribution in [3.8, 4) is 0 Å². The van der Waals surface area contributed by atoms with Gasteiger partial charge in [0.15, 0.2) is 0 Å². The topological polar surface area (TPSA) is 69.7 Å². The zero-order valence-electron chi connectivity index (χ0n) is 18.5. The molecule has 0 aliphatic carbocycles. The number of thiophene rings is 1. The van der Waals surface area contributed by atoms with E-state index in [-0.39, 0.29) is 23.4 Å². The lowest BCUT2D eigenvalue weighted by Crippen LogP contribution is -2.56. The molecule has 1 atom stereocenters. The van der Waals surface area contributed by atoms with Crippen molar-refractivity contribution < 1.29 is 18.8 Å². The first-order valence-electron chi connectivity index (χ1n) is 11.3. The van der Waals surface area contributed by atoms with Crippen molar-refractivity contribution in [1.82, 2.24) is 15.1 Å². The van der Waals surface area contributed by atoms with Gasteiger partial charge in [0.25, 0.3) is 11.8 Å². The number of nitrogens with one attached hydrogen (secondary N) is 1. The predicted molar refractivity (Wildman–Crippen MR) is 126 cm³/mol. The number of urea groups is 1. The number of imide groups is 1. The molecule has 2 aromatic rings. The fourth-order valence-corrected chi connectivity index (χ4v) is 5.85. The van der Waals surface area contributed by atoms with Crippen LogP contribution in [0.1, 0.15) is 47.8 Å². The summed E-state index contributed by atoms with van der Waals surface area (Å²) in [6.45, 7) is 3.12. The summed E-state index contributed by atoms with van der Waals surface area (Å²) in [5, 5.41) is 5.30. The lowest BCUT2D eigenvalue weighted by Gasteiger charge is -2.41. The molecule has 0 radical (unpaired) electrons. The summed E-state index contributed by atoms with van der Waals surface area (Å²) >= 11 is 7.55. The van der Waals surface area contributed by atoms with Gasteiger partial charge in [-0.3, -0.25) is 14.5 Å². The van der Waals surface area contributed by atoms with Crippen molar-refractivity contribution in [2.75, 3.05) is 19.6 Å². The number of piperidine rings is 1. The van der Waals surface area contributed by atoms with Crippen molar-refractivity contribution in [2.45, 2.75) is 44.6 Å². The van der Waals surface area contributed by atoms with Crippen LogP contribution in [0.5, 0.6) is 0 Å². The second-order valence-corrected chi connectivity index (χ2v) is 10.1. The maximum Gasteiger partial charge on any atom is 0.325 e. The van der Waals surface area contributed by atoms with E-state index in [9.17, 15) is 18.8 Å². The van der Waals surface area contributed by atoms with Crippen molar-refractivity contribution in [3.05, 3.63) is 57.0 Å². The lowest BCUT2D eigenvalue weighted by molar-refractivity contribution is -0.134. The van der Waals surface area contributed by atoms with Crippen molar-refractivity contribution in [2.24, 2.45) is 5.92 Å². The highest BCUT2D eigenvalue weighted by atomic mass is 35.5. The first-order chi connectivity index (χ1) is 15.9. The van der Waals surface area contributed by atoms with Crippen molar-refractivity contribution in [3.63, 3.8) is 0 Å². The smallest absolute Gasteiger partial charge is 0.325 e. The minimum Gasteiger partial charge on any atom is -0.339 e. The van der Waals surface area contributed by atoms with Gasteiger partial charge in [0.05, 0.1) is 5.56 Å². The van der Waals surface area contributed by atoms with Gasteiger partial charge in [-0.25, -0.2) is 9.18 Å². The highest BCUT2D eigenvalue weighted by molar-refractivity contribution is 7.09. The minimum absolute atomic E-state index is 0.0470. The van der Waals surface area contributed by atoms with E-state index in [1.165, 1.54) is 23.1 Å². The third-order valence-electron chi connectivity index (χ3n) is 6.65. The first-order valence-corrected chi connectivity index (χ1v) is 12.5. The van der Waals surface area contributed by atoms with Crippen LogP contribution in [0.2, 0.25) is 5.02 Å². The quantitative estimate of drug-likeness (QED) is 0.569. The van der Waals surface area contributed by atoms with E-state index in [1.807, 2.05) is 24.4 Å². The van der Waals surface area contributed by atoms with Crippen LogP contribution in [0.15, 0.2) is 35.7 Å². The average Bonchev–Trinajstić information content (AvgIpc) is 3.41. The number of carbonyl (C=O) groups is 3. The van der Waals surface area contributed by atoms with Gasteiger partial charge in [-0.05, 0) is 61.2 Å². The third kappa shape index (κ3) is 4.64. The van der Waals surface area contributed by atoms with E-state index in [2.05, 4.69) is 5.32 Å². The minimum atomic E-state index is -0.947. The molecule has 2 aliphatic heterocycles. The Hall–Kier alpha value is -2.45. The molecule has 33 heavy (non-hydrogen) atoms. The second-order valence-electron chi connectivity index (χ2n) is 8.63. The Morgan fingerprint density at radius 2 is 2.03 bits per heavy atom. The molecule has 4 rings (SSSR count). The van der Waals surface area contributed by atoms with Crippen LogP contribution in [0.25, 0.3) is 0 Å². The Morgan fingerprint density at radius 1 is 1.27 bits per heavy atom. The van der Waals surface area contributed by atoms with Gasteiger partial charge in [-0.15, -0.1) is 11.3 Å². The Balaban J connectivity index is 1.45. The lowest BCUT2D eigenvalue weighted by atomic mass is 9.74. The molecular formula is C24H27ClFN3O3S. The van der Waals surface area contributed by atoms with E-state index >= 15 is 0 Å². The van der Waals surface area contributed by atoms with Crippen molar-refractivity contribution >= 4 is 40.8 Å². The van der Waals surface area contributed by atoms with Crippen LogP contribution in [0, 0.1) is 11.7 Å². The predicted octanol–water partition coefficient (Wildman–Crippen LogP) is 4.73. The van der Waals surface area contributed by atoms with Gasteiger partial charge in [-0.2, -0.15) is 0 Å². The number of likely N-dealkylation sites (tertiary alicyclic amines) is 1. The molecule has 1 N–H and O–H groups in total. The summed E-state index contributed by atoms with van der Waals surface area (Å²) < 4.78 is 14.2. The Morgan fingerprint density at radius 3 is 2.70 bits per heavy atom. The summed E-state index contributed by atoms with van der Waals surface area (Å²) in [5.74, 6) is -1.27. The summed E-state index contributed by atoms with van der Waals surface area (Å²) in [4.78, 5) is 43.2. The molecule has 0 unspecified atom stereocenters. The van der Waals surface area contributed by atoms with Gasteiger partial charge in [0.2, 0.25) is 0 Å². The number of carbonyl (C=O) groups excluding carboxylic acids is 3. The molecule has 2 fully saturated rings. The first kappa shape index (κ1) is 23.7. The largest absolute Gasteiger partial charge is 0.339 e. The molecule has 0 saturated carbocycles. The third-order valence-corrected chi connectivity index (χ3v) is 7.82. The molecule has 176 valence electrons. The van der Waals surface area contributed by atoms with Crippen LogP contribution in [0.3, 0.4) is 0 Å². The number of halogens is 2. The summed E-state index contributed by atoms with van der Waals surface area (Å²) in [6.07, 6.45) is 3.04. The van der Waals surface area contributed by atoms with Crippen LogP contribution < -0.4 is 5.32 Å². The molecule has 4 amide bonds.